The Hall–Kier alpha value is -3.11. The number of carbonyl (C=O) groups excluding carboxylic acids is 1. The molecule has 1 aliphatic rings. The van der Waals surface area contributed by atoms with E-state index in [0.717, 1.165) is 42.7 Å². The molecule has 4 heteroatoms. The maximum atomic E-state index is 10.8. The molecule has 0 spiro atoms. The standard InChI is InChI=1S/C27H30N2O2/c28-27(30)13-7-8-16-29-25-18-23(25)22-14-15-26(31-19-20-9-3-1-4-10-20)24(17-22)21-11-5-2-6-12-21/h1-6,9-12,14-15,17,23,25,29H,7-8,13,16,18-19H2,(H2,28,30)/t23?,25-/m0/s1. The summed E-state index contributed by atoms with van der Waals surface area (Å²) >= 11 is 0. The molecule has 0 bridgehead atoms. The quantitative estimate of drug-likeness (QED) is 0.432. The predicted octanol–water partition coefficient (Wildman–Crippen LogP) is 5.03. The first kappa shape index (κ1) is 21.1. The minimum absolute atomic E-state index is 0.215. The molecule has 2 atom stereocenters. The van der Waals surface area contributed by atoms with Gasteiger partial charge in [0.2, 0.25) is 5.91 Å². The summed E-state index contributed by atoms with van der Waals surface area (Å²) in [6, 6.07) is 27.8. The number of amides is 1. The zero-order valence-corrected chi connectivity index (χ0v) is 17.8. The molecular formula is C27H30N2O2. The van der Waals surface area contributed by atoms with Crippen LogP contribution in [0.5, 0.6) is 5.75 Å². The Balaban J connectivity index is 1.42. The molecule has 31 heavy (non-hydrogen) atoms. The van der Waals surface area contributed by atoms with Crippen molar-refractivity contribution in [3.63, 3.8) is 0 Å². The highest BCUT2D eigenvalue weighted by atomic mass is 16.5. The van der Waals surface area contributed by atoms with Crippen molar-refractivity contribution < 1.29 is 9.53 Å². The Bertz CT molecular complexity index is 989. The van der Waals surface area contributed by atoms with Gasteiger partial charge in [-0.05, 0) is 54.6 Å². The molecule has 0 radical (unpaired) electrons. The van der Waals surface area contributed by atoms with Crippen LogP contribution < -0.4 is 15.8 Å². The van der Waals surface area contributed by atoms with E-state index in [-0.39, 0.29) is 5.91 Å². The van der Waals surface area contributed by atoms with E-state index in [9.17, 15) is 4.79 Å². The van der Waals surface area contributed by atoms with Gasteiger partial charge in [-0.2, -0.15) is 0 Å². The molecule has 1 saturated carbocycles. The number of ether oxygens (including phenoxy) is 1. The number of nitrogens with one attached hydrogen (secondary N) is 1. The monoisotopic (exact) mass is 414 g/mol. The van der Waals surface area contributed by atoms with Crippen LogP contribution in [-0.4, -0.2) is 18.5 Å². The van der Waals surface area contributed by atoms with Gasteiger partial charge >= 0.3 is 0 Å². The topological polar surface area (TPSA) is 64.4 Å². The second kappa shape index (κ2) is 10.3. The van der Waals surface area contributed by atoms with Gasteiger partial charge in [0.05, 0.1) is 0 Å². The lowest BCUT2D eigenvalue weighted by Crippen LogP contribution is -2.20. The van der Waals surface area contributed by atoms with E-state index >= 15 is 0 Å². The third-order valence-electron chi connectivity index (χ3n) is 5.80. The van der Waals surface area contributed by atoms with Crippen molar-refractivity contribution in [3.05, 3.63) is 90.0 Å². The molecule has 1 aliphatic carbocycles. The Morgan fingerprint density at radius 3 is 2.45 bits per heavy atom. The highest BCUT2D eigenvalue weighted by Crippen LogP contribution is 2.43. The Morgan fingerprint density at radius 2 is 1.71 bits per heavy atom. The zero-order chi connectivity index (χ0) is 21.5. The minimum atomic E-state index is -0.215. The van der Waals surface area contributed by atoms with E-state index in [2.05, 4.69) is 59.9 Å². The van der Waals surface area contributed by atoms with Crippen LogP contribution in [0.4, 0.5) is 0 Å². The van der Waals surface area contributed by atoms with Crippen LogP contribution in [0.3, 0.4) is 0 Å². The van der Waals surface area contributed by atoms with Crippen molar-refractivity contribution in [2.45, 2.75) is 44.2 Å². The number of carbonyl (C=O) groups is 1. The number of unbranched alkanes of at least 4 members (excludes halogenated alkanes) is 1. The van der Waals surface area contributed by atoms with Gasteiger partial charge in [0.15, 0.2) is 0 Å². The van der Waals surface area contributed by atoms with Crippen molar-refractivity contribution in [2.24, 2.45) is 5.73 Å². The zero-order valence-electron chi connectivity index (χ0n) is 17.8. The molecule has 0 aliphatic heterocycles. The number of rotatable bonds is 11. The highest BCUT2D eigenvalue weighted by molar-refractivity contribution is 5.73. The third kappa shape index (κ3) is 5.96. The molecule has 3 aromatic carbocycles. The van der Waals surface area contributed by atoms with Crippen molar-refractivity contribution in [1.29, 1.82) is 0 Å². The Kier molecular flexibility index (Phi) is 7.00. The van der Waals surface area contributed by atoms with Crippen molar-refractivity contribution in [1.82, 2.24) is 5.32 Å². The van der Waals surface area contributed by atoms with Gasteiger partial charge < -0.3 is 15.8 Å². The lowest BCUT2D eigenvalue weighted by molar-refractivity contribution is -0.118. The van der Waals surface area contributed by atoms with Gasteiger partial charge in [-0.15, -0.1) is 0 Å². The van der Waals surface area contributed by atoms with Crippen molar-refractivity contribution in [3.8, 4) is 16.9 Å². The van der Waals surface area contributed by atoms with Gasteiger partial charge in [-0.3, -0.25) is 4.79 Å². The summed E-state index contributed by atoms with van der Waals surface area (Å²) < 4.78 is 6.22. The molecule has 0 heterocycles. The van der Waals surface area contributed by atoms with E-state index in [1.807, 2.05) is 24.3 Å². The fourth-order valence-corrected chi connectivity index (χ4v) is 3.98. The fraction of sp³-hybridized carbons (Fsp3) is 0.296. The first-order valence-corrected chi connectivity index (χ1v) is 11.1. The van der Waals surface area contributed by atoms with Crippen LogP contribution in [0.15, 0.2) is 78.9 Å². The van der Waals surface area contributed by atoms with Crippen LogP contribution in [0.2, 0.25) is 0 Å². The summed E-state index contributed by atoms with van der Waals surface area (Å²) in [6.07, 6.45) is 3.45. The predicted molar refractivity (Wildman–Crippen MR) is 125 cm³/mol. The molecule has 1 fully saturated rings. The third-order valence-corrected chi connectivity index (χ3v) is 5.80. The van der Waals surface area contributed by atoms with Gasteiger partial charge in [-0.25, -0.2) is 0 Å². The summed E-state index contributed by atoms with van der Waals surface area (Å²) in [5.41, 5.74) is 10.0. The summed E-state index contributed by atoms with van der Waals surface area (Å²) in [4.78, 5) is 10.8. The smallest absolute Gasteiger partial charge is 0.217 e. The van der Waals surface area contributed by atoms with E-state index in [0.29, 0.717) is 25.0 Å². The molecule has 3 aromatic rings. The second-order valence-electron chi connectivity index (χ2n) is 8.22. The summed E-state index contributed by atoms with van der Waals surface area (Å²) in [7, 11) is 0. The lowest BCUT2D eigenvalue weighted by Gasteiger charge is -2.14. The molecular weight excluding hydrogens is 384 g/mol. The van der Waals surface area contributed by atoms with E-state index in [4.69, 9.17) is 10.5 Å². The highest BCUT2D eigenvalue weighted by Gasteiger charge is 2.38. The van der Waals surface area contributed by atoms with Crippen LogP contribution in [0.1, 0.15) is 42.7 Å². The molecule has 0 aromatic heterocycles. The molecule has 1 unspecified atom stereocenters. The maximum Gasteiger partial charge on any atom is 0.217 e. The largest absolute Gasteiger partial charge is 0.488 e. The number of hydrogen-bond donors (Lipinski definition) is 2. The first-order valence-electron chi connectivity index (χ1n) is 11.1. The fourth-order valence-electron chi connectivity index (χ4n) is 3.98. The van der Waals surface area contributed by atoms with Crippen LogP contribution in [0.25, 0.3) is 11.1 Å². The van der Waals surface area contributed by atoms with E-state index in [1.165, 1.54) is 11.1 Å². The van der Waals surface area contributed by atoms with Crippen LogP contribution >= 0.6 is 0 Å². The van der Waals surface area contributed by atoms with E-state index in [1.54, 1.807) is 0 Å². The summed E-state index contributed by atoms with van der Waals surface area (Å²) in [5.74, 6) is 1.23. The van der Waals surface area contributed by atoms with Gasteiger partial charge in [0.1, 0.15) is 12.4 Å². The second-order valence-corrected chi connectivity index (χ2v) is 8.22. The molecule has 3 N–H and O–H groups in total. The van der Waals surface area contributed by atoms with Gasteiger partial charge in [0, 0.05) is 23.9 Å². The first-order chi connectivity index (χ1) is 15.2. The Labute approximate surface area is 184 Å². The van der Waals surface area contributed by atoms with Crippen LogP contribution in [0, 0.1) is 0 Å². The minimum Gasteiger partial charge on any atom is -0.488 e. The molecule has 4 nitrogen and oxygen atoms in total. The number of hydrogen-bond acceptors (Lipinski definition) is 3. The van der Waals surface area contributed by atoms with Crippen molar-refractivity contribution in [2.75, 3.05) is 6.54 Å². The van der Waals surface area contributed by atoms with Crippen LogP contribution in [-0.2, 0) is 11.4 Å². The SMILES string of the molecule is NC(=O)CCCCN[C@H]1CC1c1ccc(OCc2ccccc2)c(-c2ccccc2)c1. The average Bonchev–Trinajstić information content (AvgIpc) is 3.58. The van der Waals surface area contributed by atoms with E-state index < -0.39 is 0 Å². The molecule has 4 rings (SSSR count). The molecule has 0 saturated heterocycles. The summed E-state index contributed by atoms with van der Waals surface area (Å²) in [5, 5.41) is 3.62. The van der Waals surface area contributed by atoms with Gasteiger partial charge in [-0.1, -0.05) is 66.7 Å². The molecule has 160 valence electrons. The maximum absolute atomic E-state index is 10.8. The number of benzene rings is 3. The average molecular weight is 415 g/mol. The summed E-state index contributed by atoms with van der Waals surface area (Å²) in [6.45, 7) is 1.48. The molecule has 1 amide bonds. The van der Waals surface area contributed by atoms with Gasteiger partial charge in [0.25, 0.3) is 0 Å². The number of nitrogens with two attached hydrogens (primary N) is 1. The lowest BCUT2D eigenvalue weighted by atomic mass is 9.99. The Morgan fingerprint density at radius 1 is 0.968 bits per heavy atom. The normalized spacial score (nSPS) is 17.3. The number of primary amides is 1. The van der Waals surface area contributed by atoms with Crippen molar-refractivity contribution >= 4 is 5.91 Å².